The van der Waals surface area contributed by atoms with Crippen molar-refractivity contribution in [3.05, 3.63) is 46.7 Å². The minimum atomic E-state index is -0.831. The number of para-hydroxylation sites is 2. The Hall–Kier alpha value is -2.38. The highest BCUT2D eigenvalue weighted by atomic mass is 32.1. The molecule has 1 aromatic carbocycles. The number of anilines is 1. The van der Waals surface area contributed by atoms with Crippen LogP contribution in [-0.2, 0) is 9.59 Å². The molecule has 0 spiro atoms. The second-order valence-corrected chi connectivity index (χ2v) is 5.60. The SMILES string of the molecule is CCOc1ccccc1NC(=O)C(=O)NC[C@H](O)c1cccs1. The maximum Gasteiger partial charge on any atom is 0.313 e. The molecule has 6 nitrogen and oxygen atoms in total. The molecule has 0 aliphatic carbocycles. The van der Waals surface area contributed by atoms with Crippen LogP contribution in [0.15, 0.2) is 41.8 Å². The highest BCUT2D eigenvalue weighted by Gasteiger charge is 2.17. The van der Waals surface area contributed by atoms with Crippen molar-refractivity contribution >= 4 is 28.8 Å². The third-order valence-electron chi connectivity index (χ3n) is 2.97. The molecule has 0 aliphatic heterocycles. The van der Waals surface area contributed by atoms with Crippen molar-refractivity contribution in [1.29, 1.82) is 0 Å². The van der Waals surface area contributed by atoms with Crippen LogP contribution in [-0.4, -0.2) is 30.1 Å². The summed E-state index contributed by atoms with van der Waals surface area (Å²) in [6.45, 7) is 2.25. The standard InChI is InChI=1S/C16H18N2O4S/c1-2-22-13-7-4-3-6-11(13)18-16(21)15(20)17-10-12(19)14-8-5-9-23-14/h3-9,12,19H,2,10H2,1H3,(H,17,20)(H,18,21)/t12-/m0/s1. The van der Waals surface area contributed by atoms with Crippen LogP contribution in [0.3, 0.4) is 0 Å². The van der Waals surface area contributed by atoms with Gasteiger partial charge in [0.05, 0.1) is 12.3 Å². The molecule has 2 aromatic rings. The molecule has 7 heteroatoms. The first-order valence-corrected chi connectivity index (χ1v) is 8.02. The number of ether oxygens (including phenoxy) is 1. The second kappa shape index (κ2) is 8.30. The summed E-state index contributed by atoms with van der Waals surface area (Å²) >= 11 is 1.38. The van der Waals surface area contributed by atoms with Crippen LogP contribution in [0.1, 0.15) is 17.9 Å². The Morgan fingerprint density at radius 3 is 2.70 bits per heavy atom. The summed E-state index contributed by atoms with van der Waals surface area (Å²) in [5.41, 5.74) is 0.424. The maximum atomic E-state index is 11.9. The number of thiophene rings is 1. The summed E-state index contributed by atoms with van der Waals surface area (Å²) in [5, 5.41) is 16.6. The maximum absolute atomic E-state index is 11.9. The average molecular weight is 334 g/mol. The zero-order chi connectivity index (χ0) is 16.7. The molecular formula is C16H18N2O4S. The van der Waals surface area contributed by atoms with Crippen LogP contribution in [0.2, 0.25) is 0 Å². The van der Waals surface area contributed by atoms with Gasteiger partial charge in [-0.2, -0.15) is 0 Å². The lowest BCUT2D eigenvalue weighted by Gasteiger charge is -2.12. The number of carbonyl (C=O) groups is 2. The van der Waals surface area contributed by atoms with E-state index in [4.69, 9.17) is 4.74 Å². The normalized spacial score (nSPS) is 11.6. The molecule has 1 aromatic heterocycles. The molecule has 122 valence electrons. The number of aliphatic hydroxyl groups excluding tert-OH is 1. The Kier molecular flexibility index (Phi) is 6.13. The highest BCUT2D eigenvalue weighted by Crippen LogP contribution is 2.23. The minimum Gasteiger partial charge on any atom is -0.492 e. The average Bonchev–Trinajstić information content (AvgIpc) is 3.09. The van der Waals surface area contributed by atoms with Crippen molar-refractivity contribution in [3.63, 3.8) is 0 Å². The van der Waals surface area contributed by atoms with Crippen LogP contribution in [0.25, 0.3) is 0 Å². The largest absolute Gasteiger partial charge is 0.492 e. The molecule has 2 rings (SSSR count). The molecule has 0 aliphatic rings. The molecular weight excluding hydrogens is 316 g/mol. The van der Waals surface area contributed by atoms with E-state index in [2.05, 4.69) is 10.6 Å². The zero-order valence-electron chi connectivity index (χ0n) is 12.6. The number of rotatable bonds is 6. The Morgan fingerprint density at radius 2 is 2.00 bits per heavy atom. The molecule has 0 radical (unpaired) electrons. The smallest absolute Gasteiger partial charge is 0.313 e. The van der Waals surface area contributed by atoms with Gasteiger partial charge in [-0.05, 0) is 30.5 Å². The van der Waals surface area contributed by atoms with Gasteiger partial charge in [0.2, 0.25) is 0 Å². The van der Waals surface area contributed by atoms with E-state index in [0.717, 1.165) is 4.88 Å². The lowest BCUT2D eigenvalue weighted by atomic mass is 10.2. The fourth-order valence-electron chi connectivity index (χ4n) is 1.88. The lowest BCUT2D eigenvalue weighted by molar-refractivity contribution is -0.136. The molecule has 0 saturated carbocycles. The molecule has 3 N–H and O–H groups in total. The fourth-order valence-corrected chi connectivity index (χ4v) is 2.59. The van der Waals surface area contributed by atoms with E-state index in [0.29, 0.717) is 18.0 Å². The fraction of sp³-hybridized carbons (Fsp3) is 0.250. The Bertz CT molecular complexity index is 658. The van der Waals surface area contributed by atoms with E-state index in [9.17, 15) is 14.7 Å². The first kappa shape index (κ1) is 17.0. The highest BCUT2D eigenvalue weighted by molar-refractivity contribution is 7.10. The number of nitrogens with one attached hydrogen (secondary N) is 2. The van der Waals surface area contributed by atoms with Gasteiger partial charge in [0.1, 0.15) is 11.9 Å². The van der Waals surface area contributed by atoms with Gasteiger partial charge in [-0.1, -0.05) is 18.2 Å². The van der Waals surface area contributed by atoms with Crippen molar-refractivity contribution in [3.8, 4) is 5.75 Å². The summed E-state index contributed by atoms with van der Waals surface area (Å²) < 4.78 is 5.38. The third-order valence-corrected chi connectivity index (χ3v) is 3.94. The Labute approximate surface area is 138 Å². The van der Waals surface area contributed by atoms with Crippen molar-refractivity contribution in [2.75, 3.05) is 18.5 Å². The number of aliphatic hydroxyl groups is 1. The summed E-state index contributed by atoms with van der Waals surface area (Å²) in [5.74, 6) is -1.13. The predicted octanol–water partition coefficient (Wildman–Crippen LogP) is 1.94. The predicted molar refractivity (Wildman–Crippen MR) is 88.5 cm³/mol. The quantitative estimate of drug-likeness (QED) is 0.705. The van der Waals surface area contributed by atoms with Gasteiger partial charge in [0.25, 0.3) is 0 Å². The summed E-state index contributed by atoms with van der Waals surface area (Å²) in [6, 6.07) is 10.4. The number of benzene rings is 1. The van der Waals surface area contributed by atoms with Crippen LogP contribution in [0, 0.1) is 0 Å². The van der Waals surface area contributed by atoms with Crippen molar-refractivity contribution in [2.45, 2.75) is 13.0 Å². The molecule has 23 heavy (non-hydrogen) atoms. The second-order valence-electron chi connectivity index (χ2n) is 4.62. The van der Waals surface area contributed by atoms with Crippen LogP contribution >= 0.6 is 11.3 Å². The van der Waals surface area contributed by atoms with E-state index in [1.165, 1.54) is 11.3 Å². The first-order chi connectivity index (χ1) is 11.1. The monoisotopic (exact) mass is 334 g/mol. The Morgan fingerprint density at radius 1 is 1.22 bits per heavy atom. The van der Waals surface area contributed by atoms with Gasteiger partial charge >= 0.3 is 11.8 Å². The summed E-state index contributed by atoms with van der Waals surface area (Å²) in [7, 11) is 0. The van der Waals surface area contributed by atoms with Gasteiger partial charge in [-0.3, -0.25) is 9.59 Å². The van der Waals surface area contributed by atoms with Crippen LogP contribution in [0.5, 0.6) is 5.75 Å². The van der Waals surface area contributed by atoms with Crippen LogP contribution in [0.4, 0.5) is 5.69 Å². The van der Waals surface area contributed by atoms with E-state index in [-0.39, 0.29) is 6.54 Å². The zero-order valence-corrected chi connectivity index (χ0v) is 13.4. The summed E-state index contributed by atoms with van der Waals surface area (Å²) in [6.07, 6.45) is -0.831. The van der Waals surface area contributed by atoms with Gasteiger partial charge in [-0.15, -0.1) is 11.3 Å². The van der Waals surface area contributed by atoms with E-state index < -0.39 is 17.9 Å². The molecule has 0 unspecified atom stereocenters. The topological polar surface area (TPSA) is 87.7 Å². The Balaban J connectivity index is 1.89. The lowest BCUT2D eigenvalue weighted by Crippen LogP contribution is -2.37. The van der Waals surface area contributed by atoms with Gasteiger partial charge in [0.15, 0.2) is 0 Å². The van der Waals surface area contributed by atoms with Gasteiger partial charge in [0, 0.05) is 11.4 Å². The van der Waals surface area contributed by atoms with Crippen molar-refractivity contribution in [1.82, 2.24) is 5.32 Å². The molecule has 0 fully saturated rings. The minimum absolute atomic E-state index is 0.0279. The van der Waals surface area contributed by atoms with Crippen LogP contribution < -0.4 is 15.4 Å². The van der Waals surface area contributed by atoms with Crippen molar-refractivity contribution in [2.24, 2.45) is 0 Å². The molecule has 0 bridgehead atoms. The number of amides is 2. The first-order valence-electron chi connectivity index (χ1n) is 7.14. The van der Waals surface area contributed by atoms with E-state index >= 15 is 0 Å². The van der Waals surface area contributed by atoms with E-state index in [1.54, 1.807) is 30.3 Å². The number of hydrogen-bond donors (Lipinski definition) is 3. The van der Waals surface area contributed by atoms with Gasteiger partial charge in [-0.25, -0.2) is 0 Å². The van der Waals surface area contributed by atoms with E-state index in [1.807, 2.05) is 18.4 Å². The summed E-state index contributed by atoms with van der Waals surface area (Å²) in [4.78, 5) is 24.5. The number of hydrogen-bond acceptors (Lipinski definition) is 5. The molecule has 2 amide bonds. The molecule has 1 heterocycles. The molecule has 0 saturated heterocycles. The third kappa shape index (κ3) is 4.80. The van der Waals surface area contributed by atoms with Crippen molar-refractivity contribution < 1.29 is 19.4 Å². The number of carbonyl (C=O) groups excluding carboxylic acids is 2. The molecule has 1 atom stereocenters. The van der Waals surface area contributed by atoms with Gasteiger partial charge < -0.3 is 20.5 Å².